The molecule has 0 aromatic carbocycles. The molecule has 0 unspecified atom stereocenters. The van der Waals surface area contributed by atoms with E-state index < -0.39 is 45.0 Å². The minimum Gasteiger partial charge on any atom is -0.907 e. The first-order valence-electron chi connectivity index (χ1n) is 4.19. The van der Waals surface area contributed by atoms with Gasteiger partial charge in [0.15, 0.2) is 0 Å². The van der Waals surface area contributed by atoms with Crippen LogP contribution in [0, 0.1) is 0 Å². The van der Waals surface area contributed by atoms with Crippen molar-refractivity contribution >= 4 is 7.32 Å². The largest absolute Gasteiger partial charge is 1.00 e. The molecule has 0 aromatic heterocycles. The minimum absolute atomic E-state index is 0. The van der Waals surface area contributed by atoms with E-state index in [0.29, 0.717) is 0 Å². The zero-order chi connectivity index (χ0) is 13.3. The molecular formula is C6H14BNa3O9. The van der Waals surface area contributed by atoms with Crippen molar-refractivity contribution in [2.24, 2.45) is 0 Å². The summed E-state index contributed by atoms with van der Waals surface area (Å²) in [6, 6.07) is 0. The molecule has 13 heteroatoms. The van der Waals surface area contributed by atoms with Gasteiger partial charge in [0.2, 0.25) is 0 Å². The molecule has 0 bridgehead atoms. The molecule has 0 amide bonds. The van der Waals surface area contributed by atoms with Crippen LogP contribution in [0.3, 0.4) is 0 Å². The first-order valence-corrected chi connectivity index (χ1v) is 4.19. The normalized spacial score (nSPS) is 15.0. The first-order chi connectivity index (χ1) is 7.27. The monoisotopic (exact) mass is 310 g/mol. The van der Waals surface area contributed by atoms with Crippen molar-refractivity contribution in [3.63, 3.8) is 0 Å². The topological polar surface area (TPSA) is 191 Å². The zero-order valence-electron chi connectivity index (χ0n) is 11.2. The molecule has 0 aliphatic rings. The quantitative estimate of drug-likeness (QED) is 0.267. The molecule has 0 rings (SSSR count). The Morgan fingerprint density at radius 1 is 0.684 bits per heavy atom. The number of aliphatic hydroxyl groups is 6. The molecule has 19 heavy (non-hydrogen) atoms. The maximum atomic E-state index is 8.96. The summed E-state index contributed by atoms with van der Waals surface area (Å²) in [6.45, 7) is -1.45. The summed E-state index contributed by atoms with van der Waals surface area (Å²) in [6.07, 6.45) is -6.39. The maximum Gasteiger partial charge on any atom is 1.00 e. The van der Waals surface area contributed by atoms with Crippen LogP contribution >= 0.6 is 0 Å². The summed E-state index contributed by atoms with van der Waals surface area (Å²) in [5.41, 5.74) is 0. The van der Waals surface area contributed by atoms with Crippen LogP contribution in [0.2, 0.25) is 0 Å². The van der Waals surface area contributed by atoms with Gasteiger partial charge in [-0.15, -0.1) is 0 Å². The van der Waals surface area contributed by atoms with Gasteiger partial charge in [0.25, 0.3) is 0 Å². The summed E-state index contributed by atoms with van der Waals surface area (Å²) in [7, 11) is -2.92. The fraction of sp³-hybridized carbons (Fsp3) is 1.00. The molecule has 0 saturated carbocycles. The van der Waals surface area contributed by atoms with Crippen molar-refractivity contribution < 1.29 is 134 Å². The second-order valence-electron chi connectivity index (χ2n) is 2.77. The Kier molecular flexibility index (Phi) is 36.3. The molecule has 0 fully saturated rings. The van der Waals surface area contributed by atoms with Crippen LogP contribution in [-0.2, 0) is 0 Å². The van der Waals surface area contributed by atoms with E-state index in [1.165, 1.54) is 0 Å². The second kappa shape index (κ2) is 20.7. The van der Waals surface area contributed by atoms with Gasteiger partial charge >= 0.3 is 88.7 Å². The summed E-state index contributed by atoms with van der Waals surface area (Å²) < 4.78 is 0. The van der Waals surface area contributed by atoms with Gasteiger partial charge < -0.3 is 45.7 Å². The van der Waals surface area contributed by atoms with Crippen LogP contribution in [-0.4, -0.2) is 75.6 Å². The number of hydrogen-bond acceptors (Lipinski definition) is 9. The van der Waals surface area contributed by atoms with Gasteiger partial charge in [-0.3, -0.25) is 7.32 Å². The smallest absolute Gasteiger partial charge is 0.907 e. The molecule has 0 radical (unpaired) electrons. The van der Waals surface area contributed by atoms with Crippen molar-refractivity contribution in [1.29, 1.82) is 0 Å². The Morgan fingerprint density at radius 3 is 0.947 bits per heavy atom. The summed E-state index contributed by atoms with van der Waals surface area (Å²) in [5, 5.41) is 77.4. The second-order valence-corrected chi connectivity index (χ2v) is 2.77. The predicted molar refractivity (Wildman–Crippen MR) is 44.0 cm³/mol. The van der Waals surface area contributed by atoms with E-state index in [0.717, 1.165) is 0 Å². The van der Waals surface area contributed by atoms with E-state index in [4.69, 9.17) is 45.7 Å². The molecule has 0 aliphatic carbocycles. The number of hydrogen-bond donors (Lipinski definition) is 6. The van der Waals surface area contributed by atoms with Gasteiger partial charge in [-0.05, 0) is 0 Å². The fourth-order valence-electron chi connectivity index (χ4n) is 0.671. The fourth-order valence-corrected chi connectivity index (χ4v) is 0.671. The molecule has 0 saturated heterocycles. The summed E-state index contributed by atoms with van der Waals surface area (Å²) in [5.74, 6) is 0. The van der Waals surface area contributed by atoms with Gasteiger partial charge in [-0.25, -0.2) is 0 Å². The van der Waals surface area contributed by atoms with Gasteiger partial charge in [0.05, 0.1) is 13.2 Å². The van der Waals surface area contributed by atoms with Gasteiger partial charge in [0, 0.05) is 0 Å². The molecule has 9 nitrogen and oxygen atoms in total. The number of aliphatic hydroxyl groups excluding tert-OH is 6. The van der Waals surface area contributed by atoms with Crippen molar-refractivity contribution in [2.45, 2.75) is 24.4 Å². The maximum absolute atomic E-state index is 8.96. The van der Waals surface area contributed by atoms with Crippen LogP contribution in [0.5, 0.6) is 0 Å². The molecule has 6 N–H and O–H groups in total. The Bertz CT molecular complexity index is 152. The average molecular weight is 310 g/mol. The average Bonchev–Trinajstić information content (AvgIpc) is 2.24. The summed E-state index contributed by atoms with van der Waals surface area (Å²) >= 11 is 0. The predicted octanol–water partition coefficient (Wildman–Crippen LogP) is -16.5. The van der Waals surface area contributed by atoms with E-state index >= 15 is 0 Å². The SMILES string of the molecule is OC[C@@H](O)[C@@H](O)[C@H](O)[C@@H](O)CO.[Na+].[Na+].[Na+].[O-]B([O-])[O-]. The van der Waals surface area contributed by atoms with E-state index in [9.17, 15) is 0 Å². The van der Waals surface area contributed by atoms with Crippen molar-refractivity contribution in [2.75, 3.05) is 13.2 Å². The van der Waals surface area contributed by atoms with Crippen molar-refractivity contribution in [3.8, 4) is 0 Å². The van der Waals surface area contributed by atoms with Crippen molar-refractivity contribution in [3.05, 3.63) is 0 Å². The van der Waals surface area contributed by atoms with Crippen LogP contribution in [0.15, 0.2) is 0 Å². The van der Waals surface area contributed by atoms with Gasteiger partial charge in [-0.1, -0.05) is 0 Å². The van der Waals surface area contributed by atoms with Crippen LogP contribution in [0.4, 0.5) is 0 Å². The molecule has 0 heterocycles. The van der Waals surface area contributed by atoms with Crippen molar-refractivity contribution in [1.82, 2.24) is 0 Å². The van der Waals surface area contributed by atoms with Crippen LogP contribution in [0.25, 0.3) is 0 Å². The third-order valence-corrected chi connectivity index (χ3v) is 1.51. The first kappa shape index (κ1) is 33.3. The third kappa shape index (κ3) is 20.7. The molecule has 4 atom stereocenters. The summed E-state index contributed by atoms with van der Waals surface area (Å²) in [4.78, 5) is 0. The third-order valence-electron chi connectivity index (χ3n) is 1.51. The Hall–Kier alpha value is 2.70. The standard InChI is InChI=1S/C6H14O6.BO3.3Na/c7-1-3(9)5(11)6(12)4(10)2-8;2-1(3)4;;;/h3-12H,1-2H2;;;;/q;-3;3*+1/t3-,4+,5-,6-;;;;/m1..../s1. The molecule has 98 valence electrons. The van der Waals surface area contributed by atoms with Gasteiger partial charge in [-0.2, -0.15) is 0 Å². The van der Waals surface area contributed by atoms with E-state index in [2.05, 4.69) is 0 Å². The Balaban J connectivity index is -0.0000000827. The Labute approximate surface area is 177 Å². The molecule has 0 aliphatic heterocycles. The van der Waals surface area contributed by atoms with E-state index in [1.54, 1.807) is 0 Å². The minimum atomic E-state index is -2.92. The van der Waals surface area contributed by atoms with Crippen LogP contribution < -0.4 is 104 Å². The van der Waals surface area contributed by atoms with E-state index in [-0.39, 0.29) is 88.7 Å². The van der Waals surface area contributed by atoms with E-state index in [1.807, 2.05) is 0 Å². The van der Waals surface area contributed by atoms with Gasteiger partial charge in [0.1, 0.15) is 24.4 Å². The Morgan fingerprint density at radius 2 is 0.842 bits per heavy atom. The molecule has 0 aromatic rings. The number of rotatable bonds is 5. The molecule has 0 spiro atoms. The zero-order valence-corrected chi connectivity index (χ0v) is 17.2. The molecular weight excluding hydrogens is 296 g/mol. The van der Waals surface area contributed by atoms with Crippen LogP contribution in [0.1, 0.15) is 0 Å².